The molecule has 0 aliphatic carbocycles. The Morgan fingerprint density at radius 1 is 0.950 bits per heavy atom. The Labute approximate surface area is 127 Å². The fraction of sp³-hybridized carbons (Fsp3) is 0.200. The summed E-state index contributed by atoms with van der Waals surface area (Å²) in [7, 11) is -3.44. The van der Waals surface area contributed by atoms with Crippen molar-refractivity contribution < 1.29 is 12.6 Å². The first-order valence-electron chi connectivity index (χ1n) is 6.09. The van der Waals surface area contributed by atoms with Crippen molar-refractivity contribution in [1.29, 1.82) is 0 Å². The predicted octanol–water partition coefficient (Wildman–Crippen LogP) is 4.15. The first-order chi connectivity index (χ1) is 9.35. The predicted molar refractivity (Wildman–Crippen MR) is 83.9 cm³/mol. The van der Waals surface area contributed by atoms with E-state index in [1.807, 2.05) is 48.5 Å². The van der Waals surface area contributed by atoms with Crippen LogP contribution in [-0.4, -0.2) is 14.7 Å². The van der Waals surface area contributed by atoms with Gasteiger partial charge in [0.2, 0.25) is 0 Å². The Hall–Kier alpha value is -1.17. The van der Waals surface area contributed by atoms with Crippen LogP contribution in [0, 0.1) is 0 Å². The van der Waals surface area contributed by atoms with Gasteiger partial charge in [-0.2, -0.15) is 8.42 Å². The van der Waals surface area contributed by atoms with E-state index in [0.29, 0.717) is 0 Å². The van der Waals surface area contributed by atoms with Crippen LogP contribution in [0.3, 0.4) is 0 Å². The highest BCUT2D eigenvalue weighted by Crippen LogP contribution is 2.25. The van der Waals surface area contributed by atoms with Crippen molar-refractivity contribution in [1.82, 2.24) is 0 Å². The summed E-state index contributed by atoms with van der Waals surface area (Å²) in [5, 5.41) is 0. The van der Waals surface area contributed by atoms with Crippen LogP contribution in [0.4, 0.5) is 0 Å². The molecule has 2 aromatic rings. The van der Waals surface area contributed by atoms with Gasteiger partial charge in [0.25, 0.3) is 10.1 Å². The fourth-order valence-corrected chi connectivity index (χ4v) is 2.81. The molecule has 0 fully saturated rings. The van der Waals surface area contributed by atoms with Crippen molar-refractivity contribution in [2.24, 2.45) is 0 Å². The number of rotatable bonds is 4. The summed E-state index contributed by atoms with van der Waals surface area (Å²) in [6.07, 6.45) is 0.573. The van der Waals surface area contributed by atoms with E-state index in [1.165, 1.54) is 0 Å². The number of hydrogen-bond acceptors (Lipinski definition) is 3. The number of halogens is 1. The molecule has 0 saturated carbocycles. The Bertz CT molecular complexity index is 676. The van der Waals surface area contributed by atoms with Gasteiger partial charge in [0.15, 0.2) is 0 Å². The monoisotopic (exact) mass is 354 g/mol. The van der Waals surface area contributed by atoms with E-state index in [2.05, 4.69) is 15.9 Å². The molecule has 2 rings (SSSR count). The molecule has 0 amide bonds. The maximum atomic E-state index is 11.1. The molecule has 106 valence electrons. The van der Waals surface area contributed by atoms with Crippen molar-refractivity contribution in [3.05, 3.63) is 58.6 Å². The largest absolute Gasteiger partial charge is 0.264 e. The zero-order valence-electron chi connectivity index (χ0n) is 11.2. The lowest BCUT2D eigenvalue weighted by molar-refractivity contribution is 0.237. The van der Waals surface area contributed by atoms with Gasteiger partial charge in [-0.1, -0.05) is 52.3 Å². The second kappa shape index (κ2) is 6.08. The molecule has 0 heterocycles. The normalized spacial score (nSPS) is 13.2. The minimum Gasteiger partial charge on any atom is -0.262 e. The SMILES string of the molecule is CC(OS(C)(=O)=O)c1ccc(-c2ccc(Br)cc2)cc1. The van der Waals surface area contributed by atoms with E-state index in [1.54, 1.807) is 6.92 Å². The van der Waals surface area contributed by atoms with Crippen LogP contribution >= 0.6 is 15.9 Å². The molecule has 20 heavy (non-hydrogen) atoms. The molecule has 1 unspecified atom stereocenters. The van der Waals surface area contributed by atoms with Crippen molar-refractivity contribution in [3.63, 3.8) is 0 Å². The van der Waals surface area contributed by atoms with Crippen molar-refractivity contribution in [3.8, 4) is 11.1 Å². The Balaban J connectivity index is 2.20. The molecule has 0 aliphatic rings. The first-order valence-corrected chi connectivity index (χ1v) is 8.70. The highest BCUT2D eigenvalue weighted by atomic mass is 79.9. The van der Waals surface area contributed by atoms with Crippen LogP contribution < -0.4 is 0 Å². The van der Waals surface area contributed by atoms with Gasteiger partial charge in [-0.3, -0.25) is 4.18 Å². The van der Waals surface area contributed by atoms with Gasteiger partial charge in [-0.05, 0) is 35.7 Å². The van der Waals surface area contributed by atoms with Crippen LogP contribution in [0.5, 0.6) is 0 Å². The molecule has 0 N–H and O–H groups in total. The molecule has 0 saturated heterocycles. The molecule has 0 bridgehead atoms. The lowest BCUT2D eigenvalue weighted by Crippen LogP contribution is -2.07. The summed E-state index contributed by atoms with van der Waals surface area (Å²) in [5.74, 6) is 0. The van der Waals surface area contributed by atoms with E-state index in [-0.39, 0.29) is 0 Å². The van der Waals surface area contributed by atoms with Gasteiger partial charge >= 0.3 is 0 Å². The highest BCUT2D eigenvalue weighted by Gasteiger charge is 2.12. The molecule has 0 aromatic heterocycles. The fourth-order valence-electron chi connectivity index (χ4n) is 1.91. The molecular weight excluding hydrogens is 340 g/mol. The quantitative estimate of drug-likeness (QED) is 0.774. The minimum absolute atomic E-state index is 0.482. The van der Waals surface area contributed by atoms with Crippen LogP contribution in [0.1, 0.15) is 18.6 Å². The second-order valence-corrected chi connectivity index (χ2v) is 7.09. The van der Waals surface area contributed by atoms with Gasteiger partial charge in [0.05, 0.1) is 12.4 Å². The lowest BCUT2D eigenvalue weighted by Gasteiger charge is -2.12. The summed E-state index contributed by atoms with van der Waals surface area (Å²) in [5.41, 5.74) is 3.01. The van der Waals surface area contributed by atoms with E-state index in [4.69, 9.17) is 4.18 Å². The molecular formula is C15H15BrO3S. The molecule has 5 heteroatoms. The molecule has 0 spiro atoms. The maximum absolute atomic E-state index is 11.1. The molecule has 0 radical (unpaired) electrons. The standard InChI is InChI=1S/C15H15BrO3S/c1-11(19-20(2,17)18)12-3-5-13(6-4-12)14-7-9-15(16)10-8-14/h3-11H,1-2H3. The summed E-state index contributed by atoms with van der Waals surface area (Å²) in [4.78, 5) is 0. The van der Waals surface area contributed by atoms with E-state index >= 15 is 0 Å². The smallest absolute Gasteiger partial charge is 0.262 e. The molecule has 0 aliphatic heterocycles. The second-order valence-electron chi connectivity index (χ2n) is 4.57. The average Bonchev–Trinajstić information content (AvgIpc) is 2.38. The molecule has 3 nitrogen and oxygen atoms in total. The van der Waals surface area contributed by atoms with Crippen LogP contribution in [-0.2, 0) is 14.3 Å². The first kappa shape index (κ1) is 15.2. The van der Waals surface area contributed by atoms with E-state index in [0.717, 1.165) is 27.4 Å². The summed E-state index contributed by atoms with van der Waals surface area (Å²) < 4.78 is 28.2. The van der Waals surface area contributed by atoms with Crippen molar-refractivity contribution in [2.75, 3.05) is 6.26 Å². The average molecular weight is 355 g/mol. The number of hydrogen-bond donors (Lipinski definition) is 0. The zero-order chi connectivity index (χ0) is 14.8. The molecule has 2 aromatic carbocycles. The lowest BCUT2D eigenvalue weighted by atomic mass is 10.0. The van der Waals surface area contributed by atoms with Crippen LogP contribution in [0.2, 0.25) is 0 Å². The maximum Gasteiger partial charge on any atom is 0.264 e. The van der Waals surface area contributed by atoms with E-state index in [9.17, 15) is 8.42 Å². The third-order valence-corrected chi connectivity index (χ3v) is 4.04. The highest BCUT2D eigenvalue weighted by molar-refractivity contribution is 9.10. The Morgan fingerprint density at radius 2 is 1.40 bits per heavy atom. The minimum atomic E-state index is -3.44. The van der Waals surface area contributed by atoms with Crippen molar-refractivity contribution >= 4 is 26.0 Å². The Morgan fingerprint density at radius 3 is 1.85 bits per heavy atom. The van der Waals surface area contributed by atoms with Gasteiger partial charge < -0.3 is 0 Å². The van der Waals surface area contributed by atoms with Gasteiger partial charge in [-0.15, -0.1) is 0 Å². The Kier molecular flexibility index (Phi) is 4.62. The summed E-state index contributed by atoms with van der Waals surface area (Å²) in [6, 6.07) is 15.7. The summed E-state index contributed by atoms with van der Waals surface area (Å²) in [6.45, 7) is 1.72. The number of benzene rings is 2. The van der Waals surface area contributed by atoms with E-state index < -0.39 is 16.2 Å². The van der Waals surface area contributed by atoms with Gasteiger partial charge in [-0.25, -0.2) is 0 Å². The third kappa shape index (κ3) is 4.16. The van der Waals surface area contributed by atoms with Gasteiger partial charge in [0, 0.05) is 4.47 Å². The van der Waals surface area contributed by atoms with Crippen molar-refractivity contribution in [2.45, 2.75) is 13.0 Å². The van der Waals surface area contributed by atoms with Gasteiger partial charge in [0.1, 0.15) is 0 Å². The third-order valence-electron chi connectivity index (χ3n) is 2.88. The van der Waals surface area contributed by atoms with Crippen LogP contribution in [0.15, 0.2) is 53.0 Å². The summed E-state index contributed by atoms with van der Waals surface area (Å²) >= 11 is 3.40. The molecule has 1 atom stereocenters. The van der Waals surface area contributed by atoms with Crippen LogP contribution in [0.25, 0.3) is 11.1 Å². The zero-order valence-corrected chi connectivity index (χ0v) is 13.6. The topological polar surface area (TPSA) is 43.4 Å².